The molecule has 1 aliphatic carbocycles. The number of aromatic nitrogens is 1. The van der Waals surface area contributed by atoms with Crippen molar-refractivity contribution in [2.45, 2.75) is 56.2 Å². The number of aromatic hydroxyl groups is 1. The van der Waals surface area contributed by atoms with Gasteiger partial charge >= 0.3 is 24.4 Å². The van der Waals surface area contributed by atoms with Crippen LogP contribution in [-0.4, -0.2) is 57.2 Å². The van der Waals surface area contributed by atoms with Gasteiger partial charge in [0.15, 0.2) is 0 Å². The van der Waals surface area contributed by atoms with Gasteiger partial charge in [0, 0.05) is 11.1 Å². The van der Waals surface area contributed by atoms with Gasteiger partial charge in [0.05, 0.1) is 48.4 Å². The molecule has 3 heterocycles. The first-order chi connectivity index (χ1) is 21.8. The van der Waals surface area contributed by atoms with Gasteiger partial charge < -0.3 is 19.8 Å². The number of carboxylic acid groups (broad SMARTS) is 1. The number of rotatable bonds is 7. The van der Waals surface area contributed by atoms with Crippen LogP contribution in [0.2, 0.25) is 0 Å². The van der Waals surface area contributed by atoms with Crippen LogP contribution in [0, 0.1) is 5.92 Å². The summed E-state index contributed by atoms with van der Waals surface area (Å²) < 4.78 is 114. The highest BCUT2D eigenvalue weighted by molar-refractivity contribution is 5.78. The number of benzene rings is 2. The van der Waals surface area contributed by atoms with Crippen molar-refractivity contribution in [3.05, 3.63) is 76.5 Å². The Balaban J connectivity index is 1.37. The molecule has 0 radical (unpaired) electrons. The van der Waals surface area contributed by atoms with E-state index < -0.39 is 84.7 Å². The average Bonchev–Trinajstić information content (AvgIpc) is 3.73. The fraction of sp³-hybridized carbons (Fsp3) is 0.387. The molecule has 4 atom stereocenters. The molecule has 250 valence electrons. The minimum Gasteiger partial charge on any atom is -0.507 e. The maximum atomic E-state index is 13.7. The number of amides is 1. The number of ether oxygens (including phenoxy) is 1. The van der Waals surface area contributed by atoms with E-state index >= 15 is 0 Å². The number of halogens is 8. The topological polar surface area (TPSA) is 103 Å². The smallest absolute Gasteiger partial charge is 0.416 e. The lowest BCUT2D eigenvalue weighted by atomic mass is 9.96. The molecular formula is C31H25F8N3O5. The molecule has 3 aromatic rings. The fourth-order valence-corrected chi connectivity index (χ4v) is 6.01. The summed E-state index contributed by atoms with van der Waals surface area (Å²) in [5, 5.41) is 20.2. The monoisotopic (exact) mass is 671 g/mol. The van der Waals surface area contributed by atoms with Crippen molar-refractivity contribution in [2.75, 3.05) is 18.0 Å². The van der Waals surface area contributed by atoms with Gasteiger partial charge in [-0.15, -0.1) is 0 Å². The van der Waals surface area contributed by atoms with Gasteiger partial charge in [-0.2, -0.15) is 26.3 Å². The van der Waals surface area contributed by atoms with Crippen LogP contribution in [0.1, 0.15) is 53.3 Å². The zero-order valence-electron chi connectivity index (χ0n) is 24.2. The summed E-state index contributed by atoms with van der Waals surface area (Å²) in [6.07, 6.45) is -12.5. The Kier molecular flexibility index (Phi) is 7.55. The summed E-state index contributed by atoms with van der Waals surface area (Å²) in [6, 6.07) is 7.16. The van der Waals surface area contributed by atoms with Crippen molar-refractivity contribution in [3.63, 3.8) is 0 Å². The highest BCUT2D eigenvalue weighted by Crippen LogP contribution is 2.49. The number of hydrogen-bond acceptors (Lipinski definition) is 6. The third-order valence-corrected chi connectivity index (χ3v) is 8.63. The van der Waals surface area contributed by atoms with E-state index in [1.54, 1.807) is 12.1 Å². The Bertz CT molecular complexity index is 1720. The summed E-state index contributed by atoms with van der Waals surface area (Å²) >= 11 is 0. The number of carbonyl (C=O) groups is 2. The van der Waals surface area contributed by atoms with E-state index in [2.05, 4.69) is 4.98 Å². The fourth-order valence-electron chi connectivity index (χ4n) is 6.01. The van der Waals surface area contributed by atoms with Crippen molar-refractivity contribution < 1.29 is 59.7 Å². The van der Waals surface area contributed by atoms with Gasteiger partial charge in [0.25, 0.3) is 5.92 Å². The van der Waals surface area contributed by atoms with Crippen molar-refractivity contribution in [2.24, 2.45) is 5.92 Å². The minimum absolute atomic E-state index is 0.0371. The second-order valence-corrected chi connectivity index (χ2v) is 12.0. The predicted molar refractivity (Wildman–Crippen MR) is 148 cm³/mol. The first-order valence-electron chi connectivity index (χ1n) is 14.3. The molecule has 2 N–H and O–H groups in total. The number of phenols is 1. The number of nitrogens with zero attached hydrogens (tertiary/aromatic N) is 3. The number of hydrogen-bond donors (Lipinski definition) is 2. The lowest BCUT2D eigenvalue weighted by molar-refractivity contribution is -0.143. The zero-order chi connectivity index (χ0) is 34.2. The second kappa shape index (κ2) is 11.0. The van der Waals surface area contributed by atoms with Gasteiger partial charge in [-0.1, -0.05) is 6.07 Å². The average molecular weight is 672 g/mol. The molecule has 8 nitrogen and oxygen atoms in total. The summed E-state index contributed by atoms with van der Waals surface area (Å²) in [5.74, 6) is -5.03. The molecule has 0 spiro atoms. The Morgan fingerprint density at radius 3 is 2.15 bits per heavy atom. The number of anilines is 1. The van der Waals surface area contributed by atoms with Crippen LogP contribution in [0.5, 0.6) is 5.75 Å². The number of pyridine rings is 1. The van der Waals surface area contributed by atoms with Crippen molar-refractivity contribution in [1.82, 2.24) is 9.88 Å². The molecule has 2 aromatic carbocycles. The van der Waals surface area contributed by atoms with Crippen LogP contribution in [0.4, 0.5) is 45.7 Å². The normalized spacial score (nSPS) is 23.8. The van der Waals surface area contributed by atoms with Crippen molar-refractivity contribution in [3.8, 4) is 16.9 Å². The van der Waals surface area contributed by atoms with Crippen LogP contribution < -0.4 is 4.90 Å². The van der Waals surface area contributed by atoms with Crippen LogP contribution in [-0.2, 0) is 28.4 Å². The van der Waals surface area contributed by atoms with Gasteiger partial charge in [-0.05, 0) is 72.9 Å². The number of cyclic esters (lactones) is 1. The molecule has 3 aliphatic rings. The summed E-state index contributed by atoms with van der Waals surface area (Å²) in [5.41, 5.74) is -2.63. The molecule has 1 saturated carbocycles. The molecule has 3 fully saturated rings. The largest absolute Gasteiger partial charge is 0.507 e. The maximum absolute atomic E-state index is 13.7. The number of aliphatic carboxylic acids is 1. The van der Waals surface area contributed by atoms with E-state index in [9.17, 15) is 54.9 Å². The molecule has 2 aliphatic heterocycles. The Morgan fingerprint density at radius 2 is 1.60 bits per heavy atom. The quantitative estimate of drug-likeness (QED) is 0.256. The first kappa shape index (κ1) is 32.3. The van der Waals surface area contributed by atoms with E-state index in [4.69, 9.17) is 4.74 Å². The van der Waals surface area contributed by atoms with Crippen LogP contribution >= 0.6 is 0 Å². The van der Waals surface area contributed by atoms with Crippen LogP contribution in [0.3, 0.4) is 0 Å². The summed E-state index contributed by atoms with van der Waals surface area (Å²) in [6.45, 7) is -0.349. The molecule has 2 saturated heterocycles. The summed E-state index contributed by atoms with van der Waals surface area (Å²) in [4.78, 5) is 31.3. The van der Waals surface area contributed by atoms with E-state index in [-0.39, 0.29) is 40.4 Å². The van der Waals surface area contributed by atoms with Crippen molar-refractivity contribution in [1.29, 1.82) is 0 Å². The maximum Gasteiger partial charge on any atom is 0.416 e. The Labute approximate surface area is 261 Å². The van der Waals surface area contributed by atoms with Crippen LogP contribution in [0.15, 0.2) is 48.5 Å². The second-order valence-electron chi connectivity index (χ2n) is 12.0. The van der Waals surface area contributed by atoms with E-state index in [1.807, 2.05) is 0 Å². The molecule has 16 heteroatoms. The third kappa shape index (κ3) is 6.24. The van der Waals surface area contributed by atoms with Gasteiger partial charge in [-0.25, -0.2) is 18.6 Å². The van der Waals surface area contributed by atoms with Gasteiger partial charge in [0.2, 0.25) is 0 Å². The van der Waals surface area contributed by atoms with Crippen LogP contribution in [0.25, 0.3) is 11.1 Å². The van der Waals surface area contributed by atoms with Gasteiger partial charge in [0.1, 0.15) is 17.7 Å². The Hall–Kier alpha value is -4.63. The Morgan fingerprint density at radius 1 is 0.957 bits per heavy atom. The number of carboxylic acids is 1. The highest BCUT2D eigenvalue weighted by Gasteiger charge is 2.47. The zero-order valence-corrected chi connectivity index (χ0v) is 24.2. The van der Waals surface area contributed by atoms with Gasteiger partial charge in [-0.3, -0.25) is 9.69 Å². The first-order valence-corrected chi connectivity index (χ1v) is 14.3. The molecule has 1 aromatic heterocycles. The number of alkyl halides is 8. The lowest BCUT2D eigenvalue weighted by Gasteiger charge is -2.39. The molecule has 0 bridgehead atoms. The molecular weight excluding hydrogens is 646 g/mol. The molecule has 6 rings (SSSR count). The molecule has 1 amide bonds. The third-order valence-electron chi connectivity index (χ3n) is 8.63. The van der Waals surface area contributed by atoms with E-state index in [0.717, 1.165) is 4.90 Å². The minimum atomic E-state index is -5.13. The van der Waals surface area contributed by atoms with E-state index in [0.29, 0.717) is 24.1 Å². The molecule has 47 heavy (non-hydrogen) atoms. The number of phenolic OH excluding ortho intramolecular Hbond substituents is 1. The summed E-state index contributed by atoms with van der Waals surface area (Å²) in [7, 11) is 0. The predicted octanol–water partition coefficient (Wildman–Crippen LogP) is 7.22. The SMILES string of the molecule is C[C@H]1[C@@H](c2cc(C(F)(F)F)cc(C(F)(F)F)c2)OC(=O)N1Cc1nc(N2CC(F)(F)C2)ccc1-c1cc([C@@H]2C[C@H]2C(=O)O)ccc1O. The number of carbonyl (C=O) groups excluding carboxylic acids is 1. The highest BCUT2D eigenvalue weighted by atomic mass is 19.4. The standard InChI is InChI=1S/C31H25F8N3O5/c1-14-26(16-6-17(30(34,35)36)9-18(7-16)31(37,38)39)47-28(46)42(14)11-23-19(3-5-25(40-23)41-12-29(32,33)13-41)21-8-15(2-4-24(21)43)20-10-22(20)27(44)45/h2-9,14,20,22,26,43H,10-13H2,1H3,(H,44,45)/t14-,20-,22+,26-/m0/s1. The van der Waals surface area contributed by atoms with Crippen molar-refractivity contribution >= 4 is 17.9 Å². The lowest BCUT2D eigenvalue weighted by Crippen LogP contribution is -2.56. The molecule has 0 unspecified atom stereocenters. The van der Waals surface area contributed by atoms with E-state index in [1.165, 1.54) is 30.0 Å².